The lowest BCUT2D eigenvalue weighted by Gasteiger charge is -2.35. The Labute approximate surface area is 463 Å². The van der Waals surface area contributed by atoms with Crippen molar-refractivity contribution in [2.45, 2.75) is 118 Å². The standard InChI is InChI=1S/C59H65F2N11O7S/c1-4-45-49(60)18-12-38-7-5-8-47(51(38)45)53-52(61)54-48(29-62-53)55(71-31-41-15-16-42(32-71)63-41)65-57(64-54)79-34-59-22-19-43(72(59)30-36(2)28-59)33-78-58(75)69-24-20-44(21-25-69)80(76,77)67-40-13-9-37(10-14-40)39-11-17-46-50(27-39)68(3)66-56(46)70(35-74)23-6-26-73/h1,5,7-8,11-12,17-18,26-27,29,35,37,40-44,63,67H,2,6,9-10,13-16,19-25,28,30-34H2,3H3/t37?,40?,41?,42?,43-,59-/m0/s1. The normalized spacial score (nSPS) is 24.4. The van der Waals surface area contributed by atoms with E-state index in [-0.39, 0.29) is 92.1 Å². The number of anilines is 2. The highest BCUT2D eigenvalue weighted by atomic mass is 32.2. The number of terminal acetylenes is 1. The molecule has 5 aliphatic heterocycles. The van der Waals surface area contributed by atoms with Crippen LogP contribution in [0.4, 0.5) is 25.2 Å². The number of likely N-dealkylation sites (tertiary alicyclic amines) is 1. The number of halogens is 2. The fourth-order valence-electron chi connectivity index (χ4n) is 13.7. The number of aromatic nitrogens is 5. The van der Waals surface area contributed by atoms with E-state index in [1.807, 2.05) is 13.1 Å². The van der Waals surface area contributed by atoms with Crippen LogP contribution >= 0.6 is 0 Å². The zero-order chi connectivity index (χ0) is 55.5. The number of carbonyl (C=O) groups is 3. The highest BCUT2D eigenvalue weighted by Gasteiger charge is 2.52. The number of hydrogen-bond donors (Lipinski definition) is 2. The molecule has 80 heavy (non-hydrogen) atoms. The zero-order valence-electron chi connectivity index (χ0n) is 44.8. The number of aryl methyl sites for hydroxylation is 1. The summed E-state index contributed by atoms with van der Waals surface area (Å²) in [5.74, 6) is 2.45. The molecule has 6 aromatic rings. The lowest BCUT2D eigenvalue weighted by Crippen LogP contribution is -2.51. The molecule has 3 aromatic carbocycles. The minimum absolute atomic E-state index is 0.0160. The van der Waals surface area contributed by atoms with Crippen molar-refractivity contribution < 1.29 is 41.1 Å². The molecular weight excluding hydrogens is 1040 g/mol. The van der Waals surface area contributed by atoms with Crippen molar-refractivity contribution >= 4 is 73.0 Å². The fraction of sp³-hybridized carbons (Fsp3) is 0.475. The number of amides is 2. The van der Waals surface area contributed by atoms with E-state index in [1.165, 1.54) is 11.0 Å². The van der Waals surface area contributed by atoms with Crippen molar-refractivity contribution in [1.29, 1.82) is 0 Å². The molecule has 21 heteroatoms. The summed E-state index contributed by atoms with van der Waals surface area (Å²) in [4.78, 5) is 58.2. The van der Waals surface area contributed by atoms with Gasteiger partial charge in [-0.25, -0.2) is 26.7 Å². The average Bonchev–Trinajstić information content (AvgIpc) is 4.23. The number of piperidine rings is 1. The Morgan fingerprint density at radius 1 is 1.00 bits per heavy atom. The minimum Gasteiger partial charge on any atom is -0.461 e. The summed E-state index contributed by atoms with van der Waals surface area (Å²) >= 11 is 0. The van der Waals surface area contributed by atoms with E-state index in [0.29, 0.717) is 91.5 Å². The number of fused-ring (bicyclic) bond motifs is 6. The van der Waals surface area contributed by atoms with Gasteiger partial charge < -0.3 is 29.4 Å². The van der Waals surface area contributed by atoms with Gasteiger partial charge in [0.15, 0.2) is 11.6 Å². The molecule has 8 heterocycles. The Bertz CT molecular complexity index is 3580. The van der Waals surface area contributed by atoms with Crippen molar-refractivity contribution in [3.63, 3.8) is 0 Å². The molecule has 2 amide bonds. The molecule has 12 rings (SSSR count). The molecule has 2 unspecified atom stereocenters. The second-order valence-corrected chi connectivity index (χ2v) is 24.7. The molecule has 6 aliphatic rings. The minimum atomic E-state index is -3.66. The van der Waals surface area contributed by atoms with Gasteiger partial charge in [0.1, 0.15) is 42.3 Å². The molecule has 4 atom stereocenters. The van der Waals surface area contributed by atoms with Gasteiger partial charge in [-0.2, -0.15) is 15.1 Å². The van der Waals surface area contributed by atoms with Crippen LogP contribution in [0.5, 0.6) is 6.01 Å². The molecule has 2 bridgehead atoms. The van der Waals surface area contributed by atoms with Gasteiger partial charge >= 0.3 is 12.1 Å². The summed E-state index contributed by atoms with van der Waals surface area (Å²) in [5, 5.41) is 9.88. The third-order valence-electron chi connectivity index (χ3n) is 17.8. The lowest BCUT2D eigenvalue weighted by molar-refractivity contribution is -0.108. The van der Waals surface area contributed by atoms with Crippen LogP contribution in [0.3, 0.4) is 0 Å². The first-order valence-electron chi connectivity index (χ1n) is 27.9. The summed E-state index contributed by atoms with van der Waals surface area (Å²) in [6.45, 7) is 7.35. The van der Waals surface area contributed by atoms with Gasteiger partial charge in [-0.05, 0) is 106 Å². The van der Waals surface area contributed by atoms with Crippen LogP contribution in [-0.4, -0.2) is 149 Å². The molecule has 0 spiro atoms. The molecule has 2 N–H and O–H groups in total. The first-order chi connectivity index (χ1) is 38.7. The van der Waals surface area contributed by atoms with Crippen LogP contribution in [-0.2, 0) is 31.4 Å². The van der Waals surface area contributed by atoms with Crippen molar-refractivity contribution in [2.24, 2.45) is 7.05 Å². The van der Waals surface area contributed by atoms with Crippen LogP contribution in [0, 0.1) is 24.0 Å². The number of carbonyl (C=O) groups excluding carboxylic acids is 3. The number of benzene rings is 3. The Balaban J connectivity index is 0.670. The average molecular weight is 1110 g/mol. The maximum Gasteiger partial charge on any atom is 0.409 e. The van der Waals surface area contributed by atoms with Gasteiger partial charge in [0.25, 0.3) is 0 Å². The largest absolute Gasteiger partial charge is 0.461 e. The second-order valence-electron chi connectivity index (χ2n) is 22.7. The van der Waals surface area contributed by atoms with E-state index in [4.69, 9.17) is 25.9 Å². The number of hydrogen-bond acceptors (Lipinski definition) is 14. The summed E-state index contributed by atoms with van der Waals surface area (Å²) in [6, 6.07) is 14.5. The van der Waals surface area contributed by atoms with E-state index in [2.05, 4.69) is 54.6 Å². The SMILES string of the molecule is C#Cc1c(F)ccc2cccc(-c3ncc4c(N5CC6CCC(C5)N6)nc(OC[C@@]56CC[C@@H](COC(=O)N7CCC(S(=O)(=O)NC8CCC(c9ccc%10c(N(C=O)CCC=O)nn(C)c%10c9)CC8)CC7)N5CC(=C)C6)nc4c3F)c12. The number of sulfonamides is 1. The molecule has 3 aromatic heterocycles. The number of nitrogens with one attached hydrogen (secondary N) is 2. The number of pyridine rings is 1. The number of piperazine rings is 1. The van der Waals surface area contributed by atoms with Gasteiger partial charge in [-0.3, -0.25) is 24.3 Å². The number of nitrogens with zero attached hydrogens (tertiary/aromatic N) is 9. The van der Waals surface area contributed by atoms with Gasteiger partial charge in [-0.1, -0.05) is 48.4 Å². The molecule has 18 nitrogen and oxygen atoms in total. The van der Waals surface area contributed by atoms with Crippen LogP contribution in [0.2, 0.25) is 0 Å². The van der Waals surface area contributed by atoms with E-state index in [0.717, 1.165) is 66.9 Å². The third kappa shape index (κ3) is 10.0. The fourth-order valence-corrected chi connectivity index (χ4v) is 15.5. The summed E-state index contributed by atoms with van der Waals surface area (Å²) in [5.41, 5.74) is 2.91. The summed E-state index contributed by atoms with van der Waals surface area (Å²) < 4.78 is 77.2. The maximum absolute atomic E-state index is 17.3. The predicted molar refractivity (Wildman–Crippen MR) is 300 cm³/mol. The van der Waals surface area contributed by atoms with Crippen LogP contribution in [0.15, 0.2) is 66.9 Å². The van der Waals surface area contributed by atoms with Gasteiger partial charge in [0.05, 0.1) is 27.3 Å². The summed E-state index contributed by atoms with van der Waals surface area (Å²) in [7, 11) is -1.83. The Kier molecular flexibility index (Phi) is 14.5. The zero-order valence-corrected chi connectivity index (χ0v) is 45.6. The maximum atomic E-state index is 17.3. The molecule has 5 saturated heterocycles. The van der Waals surface area contributed by atoms with Gasteiger partial charge in [0.2, 0.25) is 16.4 Å². The van der Waals surface area contributed by atoms with Crippen molar-refractivity contribution in [3.05, 3.63) is 89.6 Å². The van der Waals surface area contributed by atoms with E-state index in [9.17, 15) is 22.8 Å². The molecule has 6 fully saturated rings. The molecule has 418 valence electrons. The highest BCUT2D eigenvalue weighted by molar-refractivity contribution is 7.90. The topological polar surface area (TPSA) is 197 Å². The number of aldehydes is 1. The van der Waals surface area contributed by atoms with Gasteiger partial charge in [0, 0.05) is 99.4 Å². The quantitative estimate of drug-likeness (QED) is 0.0558. The first-order valence-corrected chi connectivity index (χ1v) is 29.4. The Morgan fingerprint density at radius 3 is 2.54 bits per heavy atom. The molecule has 0 radical (unpaired) electrons. The molecular formula is C59H65F2N11O7S. The van der Waals surface area contributed by atoms with Gasteiger partial charge in [-0.15, -0.1) is 6.42 Å². The Hall–Kier alpha value is -7.12. The number of ether oxygens (including phenoxy) is 2. The predicted octanol–water partition coefficient (Wildman–Crippen LogP) is 7.27. The van der Waals surface area contributed by atoms with Crippen LogP contribution in [0.1, 0.15) is 94.1 Å². The Morgan fingerprint density at radius 2 is 1.79 bits per heavy atom. The van der Waals surface area contributed by atoms with E-state index >= 15 is 8.78 Å². The van der Waals surface area contributed by atoms with E-state index in [1.54, 1.807) is 40.0 Å². The number of rotatable bonds is 16. The smallest absolute Gasteiger partial charge is 0.409 e. The molecule has 1 aliphatic carbocycles. The van der Waals surface area contributed by atoms with Crippen LogP contribution in [0.25, 0.3) is 43.8 Å². The lowest BCUT2D eigenvalue weighted by atomic mass is 9.82. The van der Waals surface area contributed by atoms with Crippen molar-refractivity contribution in [2.75, 3.05) is 62.3 Å². The monoisotopic (exact) mass is 1110 g/mol. The first kappa shape index (κ1) is 53.5. The van der Waals surface area contributed by atoms with Crippen molar-refractivity contribution in [3.8, 4) is 29.6 Å². The summed E-state index contributed by atoms with van der Waals surface area (Å²) in [6.07, 6.45) is 16.3. The van der Waals surface area contributed by atoms with Crippen molar-refractivity contribution in [1.82, 2.24) is 44.6 Å². The van der Waals surface area contributed by atoms with E-state index < -0.39 is 38.5 Å². The molecule has 1 saturated carbocycles. The van der Waals surface area contributed by atoms with Crippen LogP contribution < -0.4 is 24.6 Å². The third-order valence-corrected chi connectivity index (χ3v) is 19.8. The second kappa shape index (κ2) is 21.7. The highest BCUT2D eigenvalue weighted by Crippen LogP contribution is 2.45.